The van der Waals surface area contributed by atoms with Gasteiger partial charge in [-0.15, -0.1) is 0 Å². The molecular weight excluding hydrogens is 288 g/mol. The molecule has 0 aromatic heterocycles. The van der Waals surface area contributed by atoms with Gasteiger partial charge in [-0.25, -0.2) is 13.1 Å². The Labute approximate surface area is 127 Å². The number of rotatable bonds is 6. The fraction of sp³-hybridized carbons (Fsp3) is 0.600. The first kappa shape index (κ1) is 16.3. The summed E-state index contributed by atoms with van der Waals surface area (Å²) in [6.45, 7) is 6.13. The van der Waals surface area contributed by atoms with Crippen molar-refractivity contribution in [3.8, 4) is 5.75 Å². The van der Waals surface area contributed by atoms with Gasteiger partial charge in [0.1, 0.15) is 10.6 Å². The van der Waals surface area contributed by atoms with Crippen molar-refractivity contribution in [2.75, 3.05) is 19.7 Å². The summed E-state index contributed by atoms with van der Waals surface area (Å²) in [6, 6.07) is 6.66. The van der Waals surface area contributed by atoms with Crippen molar-refractivity contribution in [2.24, 2.45) is 5.92 Å². The fourth-order valence-electron chi connectivity index (χ4n) is 2.44. The minimum Gasteiger partial charge on any atom is -0.492 e. The van der Waals surface area contributed by atoms with Crippen LogP contribution in [0.3, 0.4) is 0 Å². The second-order valence-corrected chi connectivity index (χ2v) is 7.43. The lowest BCUT2D eigenvalue weighted by Crippen LogP contribution is -2.33. The molecule has 1 heterocycles. The molecule has 0 spiro atoms. The van der Waals surface area contributed by atoms with Crippen LogP contribution in [0.1, 0.15) is 26.7 Å². The van der Waals surface area contributed by atoms with Gasteiger partial charge in [0.2, 0.25) is 10.0 Å². The van der Waals surface area contributed by atoms with Crippen LogP contribution in [0.15, 0.2) is 29.2 Å². The zero-order valence-corrected chi connectivity index (χ0v) is 13.4. The molecule has 1 aliphatic rings. The first-order valence-corrected chi connectivity index (χ1v) is 8.92. The van der Waals surface area contributed by atoms with Crippen LogP contribution in [0.5, 0.6) is 5.75 Å². The Morgan fingerprint density at radius 1 is 1.38 bits per heavy atom. The highest BCUT2D eigenvalue weighted by Crippen LogP contribution is 2.24. The van der Waals surface area contributed by atoms with Gasteiger partial charge in [-0.1, -0.05) is 12.1 Å². The second kappa shape index (κ2) is 7.24. The third kappa shape index (κ3) is 4.69. The van der Waals surface area contributed by atoms with E-state index < -0.39 is 10.0 Å². The molecule has 1 aliphatic heterocycles. The van der Waals surface area contributed by atoms with Gasteiger partial charge in [-0.3, -0.25) is 0 Å². The van der Waals surface area contributed by atoms with Gasteiger partial charge in [0.25, 0.3) is 0 Å². The number of hydrogen-bond donors (Lipinski definition) is 2. The average Bonchev–Trinajstić information content (AvgIpc) is 2.45. The van der Waals surface area contributed by atoms with E-state index in [0.717, 1.165) is 25.9 Å². The van der Waals surface area contributed by atoms with Crippen molar-refractivity contribution >= 4 is 10.0 Å². The van der Waals surface area contributed by atoms with Gasteiger partial charge < -0.3 is 10.1 Å². The summed E-state index contributed by atoms with van der Waals surface area (Å²) >= 11 is 0. The molecule has 0 amide bonds. The van der Waals surface area contributed by atoms with Gasteiger partial charge in [-0.05, 0) is 45.4 Å². The largest absolute Gasteiger partial charge is 0.492 e. The standard InChI is InChI=1S/C15H24N2O3S/c1-12(2)17-21(18,19)15-8-4-3-7-14(15)20-11-13-6-5-9-16-10-13/h3-4,7-8,12-13,16-17H,5-6,9-11H2,1-2H3. The summed E-state index contributed by atoms with van der Waals surface area (Å²) in [5.41, 5.74) is 0. The van der Waals surface area contributed by atoms with E-state index in [1.165, 1.54) is 0 Å². The second-order valence-electron chi connectivity index (χ2n) is 5.75. The van der Waals surface area contributed by atoms with Gasteiger partial charge in [0.15, 0.2) is 0 Å². The molecule has 0 radical (unpaired) electrons. The van der Waals surface area contributed by atoms with Gasteiger partial charge in [0.05, 0.1) is 6.61 Å². The van der Waals surface area contributed by atoms with Crippen LogP contribution in [-0.4, -0.2) is 34.2 Å². The number of para-hydroxylation sites is 1. The van der Waals surface area contributed by atoms with E-state index in [-0.39, 0.29) is 10.9 Å². The number of benzene rings is 1. The zero-order valence-electron chi connectivity index (χ0n) is 12.6. The van der Waals surface area contributed by atoms with Crippen molar-refractivity contribution < 1.29 is 13.2 Å². The Hall–Kier alpha value is -1.11. The predicted octanol–water partition coefficient (Wildman–Crippen LogP) is 1.75. The normalized spacial score (nSPS) is 19.7. The van der Waals surface area contributed by atoms with Crippen molar-refractivity contribution in [3.63, 3.8) is 0 Å². The number of sulfonamides is 1. The predicted molar refractivity (Wildman–Crippen MR) is 83.0 cm³/mol. The maximum atomic E-state index is 12.3. The molecule has 0 aliphatic carbocycles. The molecule has 2 rings (SSSR count). The Morgan fingerprint density at radius 2 is 2.14 bits per heavy atom. The highest BCUT2D eigenvalue weighted by atomic mass is 32.2. The third-order valence-electron chi connectivity index (χ3n) is 3.40. The molecule has 6 heteroatoms. The van der Waals surface area contributed by atoms with E-state index in [0.29, 0.717) is 18.3 Å². The molecule has 1 unspecified atom stereocenters. The lowest BCUT2D eigenvalue weighted by molar-refractivity contribution is 0.214. The van der Waals surface area contributed by atoms with Crippen LogP contribution in [0.2, 0.25) is 0 Å². The highest BCUT2D eigenvalue weighted by molar-refractivity contribution is 7.89. The number of ether oxygens (including phenoxy) is 1. The molecule has 5 nitrogen and oxygen atoms in total. The highest BCUT2D eigenvalue weighted by Gasteiger charge is 2.21. The van der Waals surface area contributed by atoms with Crippen molar-refractivity contribution in [2.45, 2.75) is 37.6 Å². The summed E-state index contributed by atoms with van der Waals surface area (Å²) < 4.78 is 33.0. The van der Waals surface area contributed by atoms with Crippen LogP contribution < -0.4 is 14.8 Å². The van der Waals surface area contributed by atoms with Crippen LogP contribution >= 0.6 is 0 Å². The molecule has 2 N–H and O–H groups in total. The van der Waals surface area contributed by atoms with Gasteiger partial charge in [-0.2, -0.15) is 0 Å². The molecular formula is C15H24N2O3S. The first-order valence-electron chi connectivity index (χ1n) is 7.44. The quantitative estimate of drug-likeness (QED) is 0.840. The zero-order chi connectivity index (χ0) is 15.3. The Bertz CT molecular complexity index is 552. The van der Waals surface area contributed by atoms with Crippen molar-refractivity contribution in [1.82, 2.24) is 10.0 Å². The van der Waals surface area contributed by atoms with Crippen LogP contribution in [0.4, 0.5) is 0 Å². The minimum absolute atomic E-state index is 0.148. The van der Waals surface area contributed by atoms with Gasteiger partial charge >= 0.3 is 0 Å². The molecule has 0 bridgehead atoms. The van der Waals surface area contributed by atoms with E-state index in [4.69, 9.17) is 4.74 Å². The van der Waals surface area contributed by atoms with Crippen LogP contribution in [-0.2, 0) is 10.0 Å². The number of hydrogen-bond acceptors (Lipinski definition) is 4. The lowest BCUT2D eigenvalue weighted by atomic mass is 10.0. The molecule has 1 atom stereocenters. The van der Waals surface area contributed by atoms with E-state index in [9.17, 15) is 8.42 Å². The Balaban J connectivity index is 2.09. The topological polar surface area (TPSA) is 67.4 Å². The van der Waals surface area contributed by atoms with Crippen LogP contribution in [0.25, 0.3) is 0 Å². The molecule has 118 valence electrons. The molecule has 21 heavy (non-hydrogen) atoms. The summed E-state index contributed by atoms with van der Waals surface area (Å²) in [6.07, 6.45) is 2.26. The average molecular weight is 312 g/mol. The summed E-state index contributed by atoms with van der Waals surface area (Å²) in [7, 11) is -3.53. The van der Waals surface area contributed by atoms with Crippen LogP contribution in [0, 0.1) is 5.92 Å². The minimum atomic E-state index is -3.53. The van der Waals surface area contributed by atoms with E-state index >= 15 is 0 Å². The number of piperidine rings is 1. The maximum Gasteiger partial charge on any atom is 0.244 e. The number of nitrogens with one attached hydrogen (secondary N) is 2. The maximum absolute atomic E-state index is 12.3. The fourth-order valence-corrected chi connectivity index (χ4v) is 3.84. The van der Waals surface area contributed by atoms with E-state index in [1.807, 2.05) is 0 Å². The molecule has 0 saturated carbocycles. The first-order chi connectivity index (χ1) is 9.99. The summed E-state index contributed by atoms with van der Waals surface area (Å²) in [4.78, 5) is 0.211. The molecule has 1 aromatic carbocycles. The Kier molecular flexibility index (Phi) is 5.61. The SMILES string of the molecule is CC(C)NS(=O)(=O)c1ccccc1OCC1CCCNC1. The lowest BCUT2D eigenvalue weighted by Gasteiger charge is -2.23. The van der Waals surface area contributed by atoms with E-state index in [1.54, 1.807) is 38.1 Å². The molecule has 1 saturated heterocycles. The summed E-state index contributed by atoms with van der Waals surface area (Å²) in [5, 5.41) is 3.33. The van der Waals surface area contributed by atoms with E-state index in [2.05, 4.69) is 10.0 Å². The molecule has 1 fully saturated rings. The van der Waals surface area contributed by atoms with Crippen molar-refractivity contribution in [3.05, 3.63) is 24.3 Å². The monoisotopic (exact) mass is 312 g/mol. The Morgan fingerprint density at radius 3 is 2.81 bits per heavy atom. The third-order valence-corrected chi connectivity index (χ3v) is 5.10. The summed E-state index contributed by atoms with van der Waals surface area (Å²) in [5.74, 6) is 0.865. The van der Waals surface area contributed by atoms with Crippen molar-refractivity contribution in [1.29, 1.82) is 0 Å². The molecule has 1 aromatic rings. The van der Waals surface area contributed by atoms with Gasteiger partial charge in [0, 0.05) is 18.5 Å². The smallest absolute Gasteiger partial charge is 0.244 e.